The lowest BCUT2D eigenvalue weighted by Crippen LogP contribution is -2.22. The van der Waals surface area contributed by atoms with Crippen molar-refractivity contribution in [3.05, 3.63) is 21.9 Å². The van der Waals surface area contributed by atoms with Crippen molar-refractivity contribution in [2.24, 2.45) is 5.73 Å². The van der Waals surface area contributed by atoms with Gasteiger partial charge in [-0.05, 0) is 17.5 Å². The van der Waals surface area contributed by atoms with Crippen LogP contribution in [-0.4, -0.2) is 19.2 Å². The Balaban J connectivity index is 2.28. The molecule has 0 spiro atoms. The van der Waals surface area contributed by atoms with Crippen LogP contribution >= 0.6 is 11.3 Å². The zero-order chi connectivity index (χ0) is 12.9. The molecule has 0 aliphatic rings. The summed E-state index contributed by atoms with van der Waals surface area (Å²) >= 11 is 1.81. The van der Waals surface area contributed by atoms with Crippen LogP contribution in [0.4, 0.5) is 4.79 Å². The molecule has 0 aliphatic heterocycles. The summed E-state index contributed by atoms with van der Waals surface area (Å²) in [6.07, 6.45) is -0.724. The van der Waals surface area contributed by atoms with E-state index in [4.69, 9.17) is 5.73 Å². The molecule has 1 aromatic heterocycles. The van der Waals surface area contributed by atoms with Crippen molar-refractivity contribution >= 4 is 17.4 Å². The van der Waals surface area contributed by atoms with Crippen LogP contribution in [-0.2, 0) is 16.7 Å². The summed E-state index contributed by atoms with van der Waals surface area (Å²) in [6, 6.07) is 4.30. The first-order valence-corrected chi connectivity index (χ1v) is 6.43. The highest BCUT2D eigenvalue weighted by molar-refractivity contribution is 7.12. The van der Waals surface area contributed by atoms with Crippen LogP contribution in [0.25, 0.3) is 0 Å². The van der Waals surface area contributed by atoms with E-state index >= 15 is 0 Å². The highest BCUT2D eigenvalue weighted by atomic mass is 32.1. The highest BCUT2D eigenvalue weighted by Gasteiger charge is 2.15. The Morgan fingerprint density at radius 3 is 2.71 bits per heavy atom. The minimum absolute atomic E-state index is 0.206. The van der Waals surface area contributed by atoms with Crippen LogP contribution in [0.5, 0.6) is 0 Å². The minimum atomic E-state index is -0.724. The van der Waals surface area contributed by atoms with Crippen molar-refractivity contribution in [1.29, 1.82) is 0 Å². The lowest BCUT2D eigenvalue weighted by Gasteiger charge is -2.15. The average Bonchev–Trinajstić information content (AvgIpc) is 2.64. The Bertz CT molecular complexity index is 369. The van der Waals surface area contributed by atoms with Gasteiger partial charge in [-0.15, -0.1) is 11.3 Å². The maximum Gasteiger partial charge on any atom is 0.404 e. The number of hydrogen-bond acceptors (Lipinski definition) is 4. The number of hydrogen-bond donors (Lipinski definition) is 2. The summed E-state index contributed by atoms with van der Waals surface area (Å²) in [5.74, 6) is 0. The van der Waals surface area contributed by atoms with Crippen LogP contribution in [0.1, 0.15) is 30.5 Å². The molecule has 1 amide bonds. The Morgan fingerprint density at radius 1 is 1.47 bits per heavy atom. The molecule has 1 aromatic rings. The molecule has 0 atom stereocenters. The van der Waals surface area contributed by atoms with Crippen molar-refractivity contribution in [2.45, 2.75) is 32.7 Å². The van der Waals surface area contributed by atoms with Crippen molar-refractivity contribution < 1.29 is 9.53 Å². The Hall–Kier alpha value is -1.07. The number of nitrogens with one attached hydrogen (secondary N) is 1. The first-order chi connectivity index (χ1) is 7.89. The van der Waals surface area contributed by atoms with E-state index in [0.29, 0.717) is 13.2 Å². The van der Waals surface area contributed by atoms with E-state index in [1.807, 2.05) is 11.3 Å². The molecule has 5 heteroatoms. The summed E-state index contributed by atoms with van der Waals surface area (Å²) in [6.45, 7) is 8.34. The predicted octanol–water partition coefficient (Wildman–Crippen LogP) is 2.23. The number of primary amides is 1. The van der Waals surface area contributed by atoms with E-state index in [-0.39, 0.29) is 5.41 Å². The molecule has 1 rings (SSSR count). The molecular weight excluding hydrogens is 236 g/mol. The molecule has 0 fully saturated rings. The van der Waals surface area contributed by atoms with Gasteiger partial charge in [0, 0.05) is 22.8 Å². The molecule has 0 unspecified atom stereocenters. The number of thiophene rings is 1. The average molecular weight is 256 g/mol. The molecule has 17 heavy (non-hydrogen) atoms. The molecule has 0 bridgehead atoms. The van der Waals surface area contributed by atoms with E-state index in [9.17, 15) is 4.79 Å². The quantitative estimate of drug-likeness (QED) is 0.794. The van der Waals surface area contributed by atoms with Gasteiger partial charge in [-0.25, -0.2) is 4.79 Å². The summed E-state index contributed by atoms with van der Waals surface area (Å²) in [7, 11) is 0. The van der Waals surface area contributed by atoms with Crippen molar-refractivity contribution in [3.63, 3.8) is 0 Å². The fourth-order valence-corrected chi connectivity index (χ4v) is 2.35. The first kappa shape index (κ1) is 14.0. The predicted molar refractivity (Wildman–Crippen MR) is 70.3 cm³/mol. The maximum absolute atomic E-state index is 10.3. The first-order valence-electron chi connectivity index (χ1n) is 5.62. The maximum atomic E-state index is 10.3. The van der Waals surface area contributed by atoms with E-state index < -0.39 is 6.09 Å². The van der Waals surface area contributed by atoms with E-state index in [2.05, 4.69) is 43.0 Å². The van der Waals surface area contributed by atoms with Gasteiger partial charge in [0.2, 0.25) is 0 Å². The van der Waals surface area contributed by atoms with Gasteiger partial charge < -0.3 is 15.8 Å². The van der Waals surface area contributed by atoms with Gasteiger partial charge >= 0.3 is 6.09 Å². The van der Waals surface area contributed by atoms with E-state index in [1.165, 1.54) is 9.75 Å². The van der Waals surface area contributed by atoms with Gasteiger partial charge in [-0.1, -0.05) is 20.8 Å². The molecule has 4 nitrogen and oxygen atoms in total. The van der Waals surface area contributed by atoms with Gasteiger partial charge in [0.25, 0.3) is 0 Å². The standard InChI is InChI=1S/C12H20N2O2S/c1-12(2,3)10-5-4-9(17-10)8-14-6-7-16-11(13)15/h4-5,14H,6-8H2,1-3H3,(H2,13,15). The fraction of sp³-hybridized carbons (Fsp3) is 0.583. The lowest BCUT2D eigenvalue weighted by molar-refractivity contribution is 0.157. The molecule has 0 saturated heterocycles. The third kappa shape index (κ3) is 5.19. The van der Waals surface area contributed by atoms with Gasteiger partial charge in [0.1, 0.15) is 6.61 Å². The Morgan fingerprint density at radius 2 is 2.18 bits per heavy atom. The molecule has 1 heterocycles. The van der Waals surface area contributed by atoms with Crippen LogP contribution in [0.2, 0.25) is 0 Å². The summed E-state index contributed by atoms with van der Waals surface area (Å²) in [5, 5.41) is 3.20. The van der Waals surface area contributed by atoms with E-state index in [1.54, 1.807) is 0 Å². The third-order valence-corrected chi connectivity index (χ3v) is 3.73. The van der Waals surface area contributed by atoms with Gasteiger partial charge in [-0.2, -0.15) is 0 Å². The number of carbonyl (C=O) groups excluding carboxylic acids is 1. The molecule has 0 saturated carbocycles. The number of carbonyl (C=O) groups is 1. The summed E-state index contributed by atoms with van der Waals surface area (Å²) in [5.41, 5.74) is 5.06. The fourth-order valence-electron chi connectivity index (χ4n) is 1.31. The highest BCUT2D eigenvalue weighted by Crippen LogP contribution is 2.29. The molecule has 3 N–H and O–H groups in total. The number of nitrogens with two attached hydrogens (primary N) is 1. The third-order valence-electron chi connectivity index (χ3n) is 2.22. The molecular formula is C12H20N2O2S. The molecule has 0 aromatic carbocycles. The topological polar surface area (TPSA) is 64.3 Å². The second-order valence-corrected chi connectivity index (χ2v) is 6.03. The zero-order valence-corrected chi connectivity index (χ0v) is 11.4. The normalized spacial score (nSPS) is 11.5. The number of rotatable bonds is 5. The Labute approximate surface area is 106 Å². The minimum Gasteiger partial charge on any atom is -0.448 e. The summed E-state index contributed by atoms with van der Waals surface area (Å²) < 4.78 is 4.62. The van der Waals surface area contributed by atoms with Gasteiger partial charge in [0.05, 0.1) is 0 Å². The number of amides is 1. The Kier molecular flexibility index (Phi) is 4.96. The second-order valence-electron chi connectivity index (χ2n) is 4.86. The molecule has 0 radical (unpaired) electrons. The monoisotopic (exact) mass is 256 g/mol. The van der Waals surface area contributed by atoms with Crippen LogP contribution < -0.4 is 11.1 Å². The van der Waals surface area contributed by atoms with Crippen LogP contribution in [0.3, 0.4) is 0 Å². The van der Waals surface area contributed by atoms with Crippen molar-refractivity contribution in [3.8, 4) is 0 Å². The van der Waals surface area contributed by atoms with Crippen molar-refractivity contribution in [1.82, 2.24) is 5.32 Å². The van der Waals surface area contributed by atoms with E-state index in [0.717, 1.165) is 6.54 Å². The van der Waals surface area contributed by atoms with Gasteiger partial charge in [0.15, 0.2) is 0 Å². The SMILES string of the molecule is CC(C)(C)c1ccc(CNCCOC(N)=O)s1. The number of ether oxygens (including phenoxy) is 1. The molecule has 0 aliphatic carbocycles. The lowest BCUT2D eigenvalue weighted by atomic mass is 9.95. The van der Waals surface area contributed by atoms with Gasteiger partial charge in [-0.3, -0.25) is 0 Å². The van der Waals surface area contributed by atoms with Crippen LogP contribution in [0, 0.1) is 0 Å². The summed E-state index contributed by atoms with van der Waals surface area (Å²) in [4.78, 5) is 13.0. The van der Waals surface area contributed by atoms with Crippen LogP contribution in [0.15, 0.2) is 12.1 Å². The molecule has 96 valence electrons. The smallest absolute Gasteiger partial charge is 0.404 e. The zero-order valence-electron chi connectivity index (χ0n) is 10.6. The van der Waals surface area contributed by atoms with Crippen molar-refractivity contribution in [2.75, 3.05) is 13.2 Å². The largest absolute Gasteiger partial charge is 0.448 e. The second kappa shape index (κ2) is 6.02.